The molecule has 2 heterocycles. The van der Waals surface area contributed by atoms with Crippen molar-refractivity contribution in [2.24, 2.45) is 0 Å². The number of hydrogen-bond donors (Lipinski definition) is 0. The first kappa shape index (κ1) is 21.0. The molecule has 11 heteroatoms. The molecule has 4 rings (SSSR count). The molecule has 0 bridgehead atoms. The summed E-state index contributed by atoms with van der Waals surface area (Å²) in [6.07, 6.45) is 0. The molecular formula is C19H21FN2O6S2. The van der Waals surface area contributed by atoms with Crippen LogP contribution in [0, 0.1) is 12.7 Å². The van der Waals surface area contributed by atoms with Gasteiger partial charge in [-0.15, -0.1) is 0 Å². The monoisotopic (exact) mass is 456 g/mol. The van der Waals surface area contributed by atoms with E-state index in [2.05, 4.69) is 0 Å². The van der Waals surface area contributed by atoms with Crippen LogP contribution in [0.25, 0.3) is 0 Å². The molecule has 0 amide bonds. The van der Waals surface area contributed by atoms with Crippen molar-refractivity contribution in [3.63, 3.8) is 0 Å². The number of nitrogens with zero attached hydrogens (tertiary/aromatic N) is 2. The lowest BCUT2D eigenvalue weighted by molar-refractivity contribution is 0.171. The second-order valence-corrected chi connectivity index (χ2v) is 10.9. The van der Waals surface area contributed by atoms with Crippen molar-refractivity contribution in [3.8, 4) is 11.5 Å². The van der Waals surface area contributed by atoms with E-state index in [4.69, 9.17) is 9.47 Å². The van der Waals surface area contributed by atoms with Gasteiger partial charge in [-0.05, 0) is 36.8 Å². The van der Waals surface area contributed by atoms with Gasteiger partial charge in [-0.1, -0.05) is 6.07 Å². The number of sulfonamides is 2. The molecule has 0 unspecified atom stereocenters. The van der Waals surface area contributed by atoms with E-state index < -0.39 is 25.9 Å². The van der Waals surface area contributed by atoms with Gasteiger partial charge < -0.3 is 9.47 Å². The lowest BCUT2D eigenvalue weighted by Crippen LogP contribution is -2.50. The summed E-state index contributed by atoms with van der Waals surface area (Å²) in [5, 5.41) is 0. The molecule has 30 heavy (non-hydrogen) atoms. The van der Waals surface area contributed by atoms with Crippen molar-refractivity contribution in [2.75, 3.05) is 39.4 Å². The average molecular weight is 457 g/mol. The topological polar surface area (TPSA) is 93.2 Å². The minimum Gasteiger partial charge on any atom is -0.486 e. The Morgan fingerprint density at radius 2 is 1.40 bits per heavy atom. The average Bonchev–Trinajstić information content (AvgIpc) is 2.75. The molecule has 0 aromatic heterocycles. The molecule has 0 saturated carbocycles. The van der Waals surface area contributed by atoms with Crippen molar-refractivity contribution < 1.29 is 30.7 Å². The molecule has 0 aliphatic carbocycles. The highest BCUT2D eigenvalue weighted by Crippen LogP contribution is 2.33. The SMILES string of the molecule is Cc1ccc(F)cc1S(=O)(=O)N1CCN(S(=O)(=O)c2ccc3c(c2)OCCO3)CC1. The second-order valence-electron chi connectivity index (χ2n) is 7.02. The quantitative estimate of drug-likeness (QED) is 0.694. The van der Waals surface area contributed by atoms with Gasteiger partial charge in [0, 0.05) is 32.2 Å². The fraction of sp³-hybridized carbons (Fsp3) is 0.368. The van der Waals surface area contributed by atoms with E-state index in [1.54, 1.807) is 13.0 Å². The van der Waals surface area contributed by atoms with Crippen LogP contribution in [0.4, 0.5) is 4.39 Å². The third-order valence-corrected chi connectivity index (χ3v) is 9.05. The van der Waals surface area contributed by atoms with Crippen molar-refractivity contribution in [2.45, 2.75) is 16.7 Å². The lowest BCUT2D eigenvalue weighted by atomic mass is 10.2. The number of benzene rings is 2. The highest BCUT2D eigenvalue weighted by Gasteiger charge is 2.35. The first-order chi connectivity index (χ1) is 14.2. The summed E-state index contributed by atoms with van der Waals surface area (Å²) in [7, 11) is -7.75. The molecule has 0 spiro atoms. The summed E-state index contributed by atoms with van der Waals surface area (Å²) in [5.74, 6) is 0.214. The van der Waals surface area contributed by atoms with Gasteiger partial charge in [0.1, 0.15) is 19.0 Å². The zero-order valence-electron chi connectivity index (χ0n) is 16.2. The number of ether oxygens (including phenoxy) is 2. The Bertz CT molecular complexity index is 1180. The first-order valence-corrected chi connectivity index (χ1v) is 12.2. The summed E-state index contributed by atoms with van der Waals surface area (Å²) >= 11 is 0. The van der Waals surface area contributed by atoms with Gasteiger partial charge in [-0.2, -0.15) is 8.61 Å². The predicted octanol–water partition coefficient (Wildman–Crippen LogP) is 1.60. The van der Waals surface area contributed by atoms with E-state index in [1.807, 2.05) is 0 Å². The molecule has 162 valence electrons. The summed E-state index contributed by atoms with van der Waals surface area (Å²) < 4.78 is 78.7. The number of hydrogen-bond acceptors (Lipinski definition) is 6. The van der Waals surface area contributed by atoms with Crippen molar-refractivity contribution >= 4 is 20.0 Å². The molecule has 2 aromatic rings. The summed E-state index contributed by atoms with van der Waals surface area (Å²) in [6, 6.07) is 8.01. The molecule has 2 aromatic carbocycles. The fourth-order valence-electron chi connectivity index (χ4n) is 3.47. The van der Waals surface area contributed by atoms with Crippen LogP contribution in [-0.4, -0.2) is 64.8 Å². The van der Waals surface area contributed by atoms with Gasteiger partial charge in [0.25, 0.3) is 0 Å². The van der Waals surface area contributed by atoms with Crippen LogP contribution in [0.1, 0.15) is 5.56 Å². The van der Waals surface area contributed by atoms with E-state index in [0.29, 0.717) is 30.3 Å². The molecule has 1 saturated heterocycles. The minimum absolute atomic E-state index is 0.00955. The van der Waals surface area contributed by atoms with E-state index in [9.17, 15) is 21.2 Å². The van der Waals surface area contributed by atoms with Crippen molar-refractivity contribution in [1.29, 1.82) is 0 Å². The van der Waals surface area contributed by atoms with Gasteiger partial charge in [-0.25, -0.2) is 21.2 Å². The Labute approximate surface area is 174 Å². The molecule has 2 aliphatic rings. The van der Waals surface area contributed by atoms with Crippen LogP contribution >= 0.6 is 0 Å². The van der Waals surface area contributed by atoms with Crippen molar-refractivity contribution in [3.05, 3.63) is 47.8 Å². The highest BCUT2D eigenvalue weighted by atomic mass is 32.2. The maximum absolute atomic E-state index is 13.6. The molecule has 0 atom stereocenters. The first-order valence-electron chi connectivity index (χ1n) is 9.36. The highest BCUT2D eigenvalue weighted by molar-refractivity contribution is 7.89. The zero-order valence-corrected chi connectivity index (χ0v) is 17.9. The van der Waals surface area contributed by atoms with E-state index >= 15 is 0 Å². The van der Waals surface area contributed by atoms with Crippen LogP contribution in [0.5, 0.6) is 11.5 Å². The van der Waals surface area contributed by atoms with E-state index in [-0.39, 0.29) is 36.0 Å². The second kappa shape index (κ2) is 7.80. The Morgan fingerprint density at radius 1 is 0.800 bits per heavy atom. The minimum atomic E-state index is -3.93. The van der Waals surface area contributed by atoms with E-state index in [0.717, 1.165) is 6.07 Å². The summed E-state index contributed by atoms with van der Waals surface area (Å²) in [6.45, 7) is 2.26. The van der Waals surface area contributed by atoms with Gasteiger partial charge in [-0.3, -0.25) is 0 Å². The smallest absolute Gasteiger partial charge is 0.243 e. The normalized spacial score (nSPS) is 18.3. The molecule has 0 N–H and O–H groups in total. The van der Waals surface area contributed by atoms with Crippen LogP contribution in [-0.2, 0) is 20.0 Å². The summed E-state index contributed by atoms with van der Waals surface area (Å²) in [4.78, 5) is -0.0466. The molecular weight excluding hydrogens is 435 g/mol. The van der Waals surface area contributed by atoms with Gasteiger partial charge >= 0.3 is 0 Å². The van der Waals surface area contributed by atoms with Crippen LogP contribution in [0.3, 0.4) is 0 Å². The molecule has 2 aliphatic heterocycles. The maximum atomic E-state index is 13.6. The fourth-order valence-corrected chi connectivity index (χ4v) is 6.57. The van der Waals surface area contributed by atoms with E-state index in [1.165, 1.54) is 32.9 Å². The number of aryl methyl sites for hydroxylation is 1. The van der Waals surface area contributed by atoms with Gasteiger partial charge in [0.2, 0.25) is 20.0 Å². The largest absolute Gasteiger partial charge is 0.486 e. The number of piperazine rings is 1. The molecule has 8 nitrogen and oxygen atoms in total. The molecule has 0 radical (unpaired) electrons. The Hall–Kier alpha value is -2.21. The van der Waals surface area contributed by atoms with Crippen LogP contribution < -0.4 is 9.47 Å². The third kappa shape index (κ3) is 3.78. The molecule has 1 fully saturated rings. The summed E-state index contributed by atoms with van der Waals surface area (Å²) in [5.41, 5.74) is 0.433. The number of halogens is 1. The predicted molar refractivity (Wildman–Crippen MR) is 106 cm³/mol. The standard InChI is InChI=1S/C19H21FN2O6S2/c1-14-2-3-15(20)12-19(14)30(25,26)22-8-6-21(7-9-22)29(23,24)16-4-5-17-18(13-16)28-11-10-27-17/h2-5,12-13H,6-11H2,1H3. The third-order valence-electron chi connectivity index (χ3n) is 5.12. The van der Waals surface area contributed by atoms with Gasteiger partial charge in [0.15, 0.2) is 11.5 Å². The number of rotatable bonds is 4. The zero-order chi connectivity index (χ0) is 21.5. The van der Waals surface area contributed by atoms with Gasteiger partial charge in [0.05, 0.1) is 9.79 Å². The Kier molecular flexibility index (Phi) is 5.47. The number of fused-ring (bicyclic) bond motifs is 1. The Balaban J connectivity index is 1.52. The van der Waals surface area contributed by atoms with Crippen LogP contribution in [0.15, 0.2) is 46.2 Å². The maximum Gasteiger partial charge on any atom is 0.243 e. The Morgan fingerprint density at radius 3 is 2.07 bits per heavy atom. The van der Waals surface area contributed by atoms with Crippen molar-refractivity contribution in [1.82, 2.24) is 8.61 Å². The lowest BCUT2D eigenvalue weighted by Gasteiger charge is -2.33. The van der Waals surface area contributed by atoms with Crippen LogP contribution in [0.2, 0.25) is 0 Å².